The smallest absolute Gasteiger partial charge is 0.0642 e. The summed E-state index contributed by atoms with van der Waals surface area (Å²) in [6.07, 6.45) is 4.97. The summed E-state index contributed by atoms with van der Waals surface area (Å²) in [5, 5.41) is 13.2. The standard InChI is InChI=1S/C15H23ClN2O/c1-17-11-12-6-7-15(14(16)10-12)18(8-9-19)13-4-2-3-5-13/h6-7,10,13,17,19H,2-5,8-9,11H2,1H3. The van der Waals surface area contributed by atoms with Crippen molar-refractivity contribution >= 4 is 17.3 Å². The molecule has 0 aliphatic heterocycles. The maximum absolute atomic E-state index is 9.29. The van der Waals surface area contributed by atoms with Gasteiger partial charge in [-0.3, -0.25) is 0 Å². The highest BCUT2D eigenvalue weighted by Gasteiger charge is 2.23. The van der Waals surface area contributed by atoms with E-state index in [4.69, 9.17) is 11.6 Å². The van der Waals surface area contributed by atoms with Crippen molar-refractivity contribution in [2.45, 2.75) is 38.3 Å². The van der Waals surface area contributed by atoms with Crippen molar-refractivity contribution in [3.05, 3.63) is 28.8 Å². The van der Waals surface area contributed by atoms with E-state index in [0.29, 0.717) is 12.6 Å². The molecule has 0 saturated heterocycles. The van der Waals surface area contributed by atoms with Gasteiger partial charge in [-0.1, -0.05) is 30.5 Å². The van der Waals surface area contributed by atoms with E-state index in [-0.39, 0.29) is 6.61 Å². The summed E-state index contributed by atoms with van der Waals surface area (Å²) >= 11 is 6.42. The maximum Gasteiger partial charge on any atom is 0.0642 e. The van der Waals surface area contributed by atoms with Crippen molar-refractivity contribution in [2.75, 3.05) is 25.1 Å². The largest absolute Gasteiger partial charge is 0.395 e. The summed E-state index contributed by atoms with van der Waals surface area (Å²) < 4.78 is 0. The topological polar surface area (TPSA) is 35.5 Å². The molecule has 1 fully saturated rings. The average Bonchev–Trinajstić information content (AvgIpc) is 2.91. The van der Waals surface area contributed by atoms with E-state index in [2.05, 4.69) is 22.3 Å². The quantitative estimate of drug-likeness (QED) is 0.842. The number of aliphatic hydroxyl groups excluding tert-OH is 1. The second kappa shape index (κ2) is 7.13. The van der Waals surface area contributed by atoms with E-state index in [1.54, 1.807) is 0 Å². The van der Waals surface area contributed by atoms with Crippen LogP contribution in [-0.4, -0.2) is 31.3 Å². The van der Waals surface area contributed by atoms with Crippen molar-refractivity contribution in [2.24, 2.45) is 0 Å². The number of nitrogens with zero attached hydrogens (tertiary/aromatic N) is 1. The van der Waals surface area contributed by atoms with E-state index in [0.717, 1.165) is 17.3 Å². The first-order valence-corrected chi connectivity index (χ1v) is 7.44. The molecule has 0 heterocycles. The van der Waals surface area contributed by atoms with Gasteiger partial charge in [0.1, 0.15) is 0 Å². The summed E-state index contributed by atoms with van der Waals surface area (Å²) in [6.45, 7) is 1.66. The Balaban J connectivity index is 2.20. The van der Waals surface area contributed by atoms with Gasteiger partial charge in [-0.25, -0.2) is 0 Å². The fourth-order valence-corrected chi connectivity index (χ4v) is 3.23. The van der Waals surface area contributed by atoms with Crippen molar-refractivity contribution in [1.29, 1.82) is 0 Å². The first-order valence-electron chi connectivity index (χ1n) is 7.06. The Bertz CT molecular complexity index is 405. The van der Waals surface area contributed by atoms with Crippen LogP contribution < -0.4 is 10.2 Å². The monoisotopic (exact) mass is 282 g/mol. The van der Waals surface area contributed by atoms with Gasteiger partial charge in [0.2, 0.25) is 0 Å². The second-order valence-electron chi connectivity index (χ2n) is 5.17. The number of hydrogen-bond donors (Lipinski definition) is 2. The molecule has 0 bridgehead atoms. The van der Waals surface area contributed by atoms with Gasteiger partial charge in [0.15, 0.2) is 0 Å². The number of benzene rings is 1. The molecule has 3 nitrogen and oxygen atoms in total. The first kappa shape index (κ1) is 14.6. The molecule has 0 atom stereocenters. The molecule has 1 aromatic carbocycles. The molecule has 2 N–H and O–H groups in total. The van der Waals surface area contributed by atoms with Gasteiger partial charge >= 0.3 is 0 Å². The lowest BCUT2D eigenvalue weighted by Gasteiger charge is -2.31. The Morgan fingerprint density at radius 3 is 2.68 bits per heavy atom. The zero-order valence-electron chi connectivity index (χ0n) is 11.5. The lowest BCUT2D eigenvalue weighted by Crippen LogP contribution is -2.35. The van der Waals surface area contributed by atoms with Crippen molar-refractivity contribution in [3.63, 3.8) is 0 Å². The molecule has 19 heavy (non-hydrogen) atoms. The SMILES string of the molecule is CNCc1ccc(N(CCO)C2CCCC2)c(Cl)c1. The summed E-state index contributed by atoms with van der Waals surface area (Å²) in [4.78, 5) is 2.28. The minimum absolute atomic E-state index is 0.172. The Hall–Kier alpha value is -0.770. The summed E-state index contributed by atoms with van der Waals surface area (Å²) in [5.41, 5.74) is 2.24. The van der Waals surface area contributed by atoms with Gasteiger partial charge in [0.25, 0.3) is 0 Å². The zero-order chi connectivity index (χ0) is 13.7. The number of hydrogen-bond acceptors (Lipinski definition) is 3. The van der Waals surface area contributed by atoms with Gasteiger partial charge in [0.05, 0.1) is 17.3 Å². The maximum atomic E-state index is 9.29. The molecule has 0 radical (unpaired) electrons. The molecule has 4 heteroatoms. The molecular formula is C15H23ClN2O. The number of nitrogens with one attached hydrogen (secondary N) is 1. The minimum atomic E-state index is 0.172. The molecular weight excluding hydrogens is 260 g/mol. The van der Waals surface area contributed by atoms with Crippen LogP contribution in [0.25, 0.3) is 0 Å². The van der Waals surface area contributed by atoms with Crippen LogP contribution in [0.4, 0.5) is 5.69 Å². The molecule has 0 amide bonds. The predicted octanol–water partition coefficient (Wildman–Crippen LogP) is 2.80. The van der Waals surface area contributed by atoms with E-state index in [9.17, 15) is 5.11 Å². The van der Waals surface area contributed by atoms with Crippen LogP contribution in [0.1, 0.15) is 31.2 Å². The predicted molar refractivity (Wildman–Crippen MR) is 80.9 cm³/mol. The summed E-state index contributed by atoms with van der Waals surface area (Å²) in [7, 11) is 1.93. The van der Waals surface area contributed by atoms with Gasteiger partial charge in [-0.15, -0.1) is 0 Å². The van der Waals surface area contributed by atoms with Crippen molar-refractivity contribution in [3.8, 4) is 0 Å². The van der Waals surface area contributed by atoms with Gasteiger partial charge in [0, 0.05) is 19.1 Å². The molecule has 1 aromatic rings. The molecule has 0 aromatic heterocycles. The molecule has 0 unspecified atom stereocenters. The van der Waals surface area contributed by atoms with Crippen molar-refractivity contribution in [1.82, 2.24) is 5.32 Å². The average molecular weight is 283 g/mol. The Kier molecular flexibility index (Phi) is 5.49. The van der Waals surface area contributed by atoms with E-state index in [1.807, 2.05) is 13.1 Å². The Morgan fingerprint density at radius 2 is 2.11 bits per heavy atom. The highest BCUT2D eigenvalue weighted by Crippen LogP contribution is 2.33. The highest BCUT2D eigenvalue weighted by molar-refractivity contribution is 6.33. The van der Waals surface area contributed by atoms with Crippen LogP contribution in [0.5, 0.6) is 0 Å². The van der Waals surface area contributed by atoms with Crippen LogP contribution in [0.15, 0.2) is 18.2 Å². The van der Waals surface area contributed by atoms with Gasteiger partial charge in [-0.05, 0) is 37.6 Å². The highest BCUT2D eigenvalue weighted by atomic mass is 35.5. The van der Waals surface area contributed by atoms with E-state index in [1.165, 1.54) is 31.2 Å². The molecule has 1 aliphatic carbocycles. The van der Waals surface area contributed by atoms with Crippen molar-refractivity contribution < 1.29 is 5.11 Å². The zero-order valence-corrected chi connectivity index (χ0v) is 12.3. The fraction of sp³-hybridized carbons (Fsp3) is 0.600. The van der Waals surface area contributed by atoms with Crippen LogP contribution in [0.3, 0.4) is 0 Å². The molecule has 2 rings (SSSR count). The summed E-state index contributed by atoms with van der Waals surface area (Å²) in [6, 6.07) is 6.74. The molecule has 0 spiro atoms. The summed E-state index contributed by atoms with van der Waals surface area (Å²) in [5.74, 6) is 0. The molecule has 106 valence electrons. The third-order valence-corrected chi connectivity index (χ3v) is 4.11. The van der Waals surface area contributed by atoms with Crippen LogP contribution in [0, 0.1) is 0 Å². The van der Waals surface area contributed by atoms with Crippen LogP contribution in [0.2, 0.25) is 5.02 Å². The molecule has 1 saturated carbocycles. The van der Waals surface area contributed by atoms with Crippen LogP contribution in [-0.2, 0) is 6.54 Å². The van der Waals surface area contributed by atoms with E-state index >= 15 is 0 Å². The Labute approximate surface area is 120 Å². The number of anilines is 1. The van der Waals surface area contributed by atoms with Crippen LogP contribution >= 0.6 is 11.6 Å². The first-order chi connectivity index (χ1) is 9.26. The fourth-order valence-electron chi connectivity index (χ4n) is 2.92. The van der Waals surface area contributed by atoms with Gasteiger partial charge in [-0.2, -0.15) is 0 Å². The number of aliphatic hydroxyl groups is 1. The lowest BCUT2D eigenvalue weighted by atomic mass is 10.1. The number of halogens is 1. The third kappa shape index (κ3) is 3.62. The van der Waals surface area contributed by atoms with E-state index < -0.39 is 0 Å². The van der Waals surface area contributed by atoms with Gasteiger partial charge < -0.3 is 15.3 Å². The molecule has 1 aliphatic rings. The minimum Gasteiger partial charge on any atom is -0.395 e. The Morgan fingerprint density at radius 1 is 1.37 bits per heavy atom. The second-order valence-corrected chi connectivity index (χ2v) is 5.58. The number of rotatable bonds is 6. The normalized spacial score (nSPS) is 15.9. The third-order valence-electron chi connectivity index (χ3n) is 3.81. The lowest BCUT2D eigenvalue weighted by molar-refractivity contribution is 0.297.